The van der Waals surface area contributed by atoms with Crippen molar-refractivity contribution in [3.63, 3.8) is 0 Å². The third-order valence-corrected chi connectivity index (χ3v) is 4.80. The normalized spacial score (nSPS) is 17.3. The molecule has 0 aliphatic heterocycles. The lowest BCUT2D eigenvalue weighted by Gasteiger charge is -2.26. The average molecular weight is 342 g/mol. The number of aryl methyl sites for hydroxylation is 1. The van der Waals surface area contributed by atoms with Crippen LogP contribution >= 0.6 is 0 Å². The summed E-state index contributed by atoms with van der Waals surface area (Å²) in [6.07, 6.45) is 2.95. The van der Waals surface area contributed by atoms with Gasteiger partial charge < -0.3 is 14.8 Å². The van der Waals surface area contributed by atoms with Gasteiger partial charge in [0.15, 0.2) is 0 Å². The van der Waals surface area contributed by atoms with Gasteiger partial charge in [-0.25, -0.2) is 4.98 Å². The number of carboxylic acid groups (broad SMARTS) is 1. The quantitative estimate of drug-likeness (QED) is 0.885. The van der Waals surface area contributed by atoms with Gasteiger partial charge >= 0.3 is 5.97 Å². The van der Waals surface area contributed by atoms with Crippen molar-refractivity contribution in [3.8, 4) is 5.75 Å². The van der Waals surface area contributed by atoms with E-state index in [4.69, 9.17) is 4.98 Å². The lowest BCUT2D eigenvalue weighted by Crippen LogP contribution is -2.22. The Balaban J connectivity index is 2.08. The fourth-order valence-corrected chi connectivity index (χ4v) is 3.73. The van der Waals surface area contributed by atoms with Gasteiger partial charge in [0, 0.05) is 23.6 Å². The molecule has 2 aromatic rings. The molecule has 0 bridgehead atoms. The number of carbonyl (C=O) groups is 1. The van der Waals surface area contributed by atoms with Gasteiger partial charge in [0.1, 0.15) is 11.6 Å². The summed E-state index contributed by atoms with van der Waals surface area (Å²) in [6.45, 7) is 7.06. The van der Waals surface area contributed by atoms with E-state index in [0.717, 1.165) is 42.0 Å². The number of imidazole rings is 1. The minimum absolute atomic E-state index is 0.0157. The zero-order valence-corrected chi connectivity index (χ0v) is 15.1. The summed E-state index contributed by atoms with van der Waals surface area (Å²) in [6, 6.07) is 7.18. The molecule has 1 atom stereocenters. The Morgan fingerprint density at radius 3 is 2.56 bits per heavy atom. The molecule has 0 saturated heterocycles. The molecule has 1 aromatic carbocycles. The standard InChI is InChI=1S/C20H26N2O3/c1-20(2,3)19-21-16-6-4-5-14(11-17(24)25)18(16)22(19)12-13-7-9-15(23)10-8-13/h7-10,14,23H,4-6,11-12H2,1-3H3,(H,24,25). The number of hydrogen-bond acceptors (Lipinski definition) is 3. The van der Waals surface area contributed by atoms with Crippen molar-refractivity contribution in [2.24, 2.45) is 0 Å². The van der Waals surface area contributed by atoms with Gasteiger partial charge in [-0.3, -0.25) is 4.79 Å². The molecule has 0 saturated carbocycles. The summed E-state index contributed by atoms with van der Waals surface area (Å²) in [5.41, 5.74) is 3.10. The highest BCUT2D eigenvalue weighted by atomic mass is 16.4. The van der Waals surface area contributed by atoms with Crippen molar-refractivity contribution in [1.29, 1.82) is 0 Å². The van der Waals surface area contributed by atoms with Crippen molar-refractivity contribution < 1.29 is 15.0 Å². The fraction of sp³-hybridized carbons (Fsp3) is 0.500. The van der Waals surface area contributed by atoms with Crippen molar-refractivity contribution in [3.05, 3.63) is 47.0 Å². The first-order valence-corrected chi connectivity index (χ1v) is 8.85. The van der Waals surface area contributed by atoms with Gasteiger partial charge in [-0.15, -0.1) is 0 Å². The third-order valence-electron chi connectivity index (χ3n) is 4.80. The van der Waals surface area contributed by atoms with E-state index in [0.29, 0.717) is 6.54 Å². The van der Waals surface area contributed by atoms with Gasteiger partial charge in [-0.1, -0.05) is 32.9 Å². The monoisotopic (exact) mass is 342 g/mol. The van der Waals surface area contributed by atoms with E-state index in [9.17, 15) is 15.0 Å². The number of phenolic OH excluding ortho intramolecular Hbond substituents is 1. The molecule has 0 amide bonds. The van der Waals surface area contributed by atoms with Crippen LogP contribution in [0.1, 0.15) is 68.7 Å². The molecule has 5 heteroatoms. The molecule has 25 heavy (non-hydrogen) atoms. The highest BCUT2D eigenvalue weighted by molar-refractivity contribution is 5.68. The van der Waals surface area contributed by atoms with E-state index < -0.39 is 5.97 Å². The smallest absolute Gasteiger partial charge is 0.304 e. The molecular formula is C20H26N2O3. The SMILES string of the molecule is CC(C)(C)c1nc2c(n1Cc1ccc(O)cc1)C(CC(=O)O)CCC2. The van der Waals surface area contributed by atoms with Gasteiger partial charge in [-0.05, 0) is 37.0 Å². The van der Waals surface area contributed by atoms with Crippen LogP contribution in [-0.4, -0.2) is 25.7 Å². The number of aromatic nitrogens is 2. The molecule has 1 aromatic heterocycles. The highest BCUT2D eigenvalue weighted by Crippen LogP contribution is 2.37. The van der Waals surface area contributed by atoms with E-state index in [1.54, 1.807) is 12.1 Å². The summed E-state index contributed by atoms with van der Waals surface area (Å²) >= 11 is 0. The second-order valence-electron chi connectivity index (χ2n) is 7.96. The second kappa shape index (κ2) is 6.54. The molecule has 0 spiro atoms. The Kier molecular flexibility index (Phi) is 4.58. The number of benzene rings is 1. The number of hydrogen-bond donors (Lipinski definition) is 2. The summed E-state index contributed by atoms with van der Waals surface area (Å²) in [7, 11) is 0. The van der Waals surface area contributed by atoms with Crippen LogP contribution in [0.2, 0.25) is 0 Å². The second-order valence-corrected chi connectivity index (χ2v) is 7.96. The maximum Gasteiger partial charge on any atom is 0.304 e. The lowest BCUT2D eigenvalue weighted by molar-refractivity contribution is -0.137. The number of rotatable bonds is 4. The molecular weight excluding hydrogens is 316 g/mol. The van der Waals surface area contributed by atoms with Gasteiger partial charge in [0.2, 0.25) is 0 Å². The zero-order chi connectivity index (χ0) is 18.2. The predicted octanol–water partition coefficient (Wildman–Crippen LogP) is 3.83. The van der Waals surface area contributed by atoms with E-state index in [2.05, 4.69) is 25.3 Å². The molecule has 2 N–H and O–H groups in total. The third kappa shape index (κ3) is 3.70. The molecule has 1 heterocycles. The number of phenols is 1. The number of carboxylic acids is 1. The Morgan fingerprint density at radius 2 is 1.96 bits per heavy atom. The van der Waals surface area contributed by atoms with E-state index in [-0.39, 0.29) is 23.5 Å². The van der Waals surface area contributed by atoms with Crippen LogP contribution in [0.5, 0.6) is 5.75 Å². The summed E-state index contributed by atoms with van der Waals surface area (Å²) < 4.78 is 2.22. The topological polar surface area (TPSA) is 75.3 Å². The minimum Gasteiger partial charge on any atom is -0.508 e. The van der Waals surface area contributed by atoms with Crippen molar-refractivity contribution in [1.82, 2.24) is 9.55 Å². The Morgan fingerprint density at radius 1 is 1.28 bits per heavy atom. The van der Waals surface area contributed by atoms with Crippen LogP contribution in [0.3, 0.4) is 0 Å². The van der Waals surface area contributed by atoms with Crippen LogP contribution in [-0.2, 0) is 23.2 Å². The first-order valence-electron chi connectivity index (χ1n) is 8.85. The number of aliphatic carboxylic acids is 1. The summed E-state index contributed by atoms with van der Waals surface area (Å²) in [4.78, 5) is 16.2. The van der Waals surface area contributed by atoms with E-state index in [1.165, 1.54) is 0 Å². The molecule has 1 aliphatic carbocycles. The van der Waals surface area contributed by atoms with Crippen LogP contribution in [0.25, 0.3) is 0 Å². The average Bonchev–Trinajstić information content (AvgIpc) is 2.89. The fourth-order valence-electron chi connectivity index (χ4n) is 3.73. The molecule has 0 fully saturated rings. The molecule has 5 nitrogen and oxygen atoms in total. The molecule has 0 radical (unpaired) electrons. The first-order chi connectivity index (χ1) is 11.8. The summed E-state index contributed by atoms with van der Waals surface area (Å²) in [5, 5.41) is 18.8. The Labute approximate surface area is 148 Å². The number of fused-ring (bicyclic) bond motifs is 1. The van der Waals surface area contributed by atoms with E-state index >= 15 is 0 Å². The number of nitrogens with zero attached hydrogens (tertiary/aromatic N) is 2. The maximum absolute atomic E-state index is 11.3. The van der Waals surface area contributed by atoms with Crippen molar-refractivity contribution >= 4 is 5.97 Å². The Bertz CT molecular complexity index is 769. The van der Waals surface area contributed by atoms with E-state index in [1.807, 2.05) is 12.1 Å². The number of aromatic hydroxyl groups is 1. The summed E-state index contributed by atoms with van der Waals surface area (Å²) in [5.74, 6) is 0.508. The highest BCUT2D eigenvalue weighted by Gasteiger charge is 2.32. The van der Waals surface area contributed by atoms with Crippen LogP contribution in [0, 0.1) is 0 Å². The molecule has 134 valence electrons. The van der Waals surface area contributed by atoms with Crippen LogP contribution < -0.4 is 0 Å². The Hall–Kier alpha value is -2.30. The zero-order valence-electron chi connectivity index (χ0n) is 15.1. The molecule has 1 unspecified atom stereocenters. The van der Waals surface area contributed by atoms with Crippen LogP contribution in [0.15, 0.2) is 24.3 Å². The van der Waals surface area contributed by atoms with Gasteiger partial charge in [0.25, 0.3) is 0 Å². The van der Waals surface area contributed by atoms with Crippen molar-refractivity contribution in [2.45, 2.75) is 64.3 Å². The minimum atomic E-state index is -0.757. The van der Waals surface area contributed by atoms with Gasteiger partial charge in [-0.2, -0.15) is 0 Å². The first kappa shape index (κ1) is 17.5. The molecule has 3 rings (SSSR count). The van der Waals surface area contributed by atoms with Gasteiger partial charge in [0.05, 0.1) is 12.1 Å². The van der Waals surface area contributed by atoms with Crippen molar-refractivity contribution in [2.75, 3.05) is 0 Å². The predicted molar refractivity (Wildman–Crippen MR) is 96.1 cm³/mol. The lowest BCUT2D eigenvalue weighted by atomic mass is 9.87. The van der Waals surface area contributed by atoms with Crippen LogP contribution in [0.4, 0.5) is 0 Å². The molecule has 1 aliphatic rings. The largest absolute Gasteiger partial charge is 0.508 e. The maximum atomic E-state index is 11.3.